The first-order chi connectivity index (χ1) is 12.3. The number of benzene rings is 1. The van der Waals surface area contributed by atoms with Crippen LogP contribution >= 0.6 is 0 Å². The van der Waals surface area contributed by atoms with Gasteiger partial charge in [-0.25, -0.2) is 8.42 Å². The molecule has 26 heavy (non-hydrogen) atoms. The average molecular weight is 381 g/mol. The number of sulfonamides is 1. The highest BCUT2D eigenvalue weighted by Gasteiger charge is 2.33. The van der Waals surface area contributed by atoms with Crippen molar-refractivity contribution >= 4 is 27.5 Å². The number of likely N-dealkylation sites (tertiary alicyclic amines) is 1. The summed E-state index contributed by atoms with van der Waals surface area (Å²) in [6, 6.07) is 6.63. The fourth-order valence-electron chi connectivity index (χ4n) is 2.91. The van der Waals surface area contributed by atoms with E-state index in [0.717, 1.165) is 0 Å². The molecule has 0 spiro atoms. The number of hydrogen-bond acceptors (Lipinski definition) is 5. The van der Waals surface area contributed by atoms with Crippen molar-refractivity contribution in [2.24, 2.45) is 0 Å². The summed E-state index contributed by atoms with van der Waals surface area (Å²) in [5.41, 5.74) is 1.10. The molecule has 2 heterocycles. The highest BCUT2D eigenvalue weighted by Crippen LogP contribution is 2.25. The van der Waals surface area contributed by atoms with Crippen LogP contribution < -0.4 is 4.31 Å². The monoisotopic (exact) mass is 381 g/mol. The van der Waals surface area contributed by atoms with Crippen LogP contribution in [0, 0.1) is 0 Å². The average Bonchev–Trinajstić information content (AvgIpc) is 2.92. The van der Waals surface area contributed by atoms with E-state index >= 15 is 0 Å². The van der Waals surface area contributed by atoms with Crippen LogP contribution in [0.3, 0.4) is 0 Å². The molecule has 2 aliphatic rings. The van der Waals surface area contributed by atoms with Crippen LogP contribution in [0.1, 0.15) is 16.8 Å². The SMILES string of the molecule is CN(C)C(=O)COC1CN(C(=O)c2ccc(N3CCCS3(=O)=O)cc2)C1. The Labute approximate surface area is 153 Å². The molecule has 142 valence electrons. The quantitative estimate of drug-likeness (QED) is 0.725. The fraction of sp³-hybridized carbons (Fsp3) is 0.529. The third-order valence-electron chi connectivity index (χ3n) is 4.58. The summed E-state index contributed by atoms with van der Waals surface area (Å²) in [5, 5.41) is 0. The molecule has 2 amide bonds. The third kappa shape index (κ3) is 3.83. The standard InChI is InChI=1S/C17H23N3O5S/c1-18(2)16(21)12-25-15-10-19(11-15)17(22)13-4-6-14(7-5-13)20-8-3-9-26(20,23)24/h4-7,15H,3,8-12H2,1-2H3. The van der Waals surface area contributed by atoms with Crippen LogP contribution in [-0.2, 0) is 19.6 Å². The molecular weight excluding hydrogens is 358 g/mol. The first-order valence-electron chi connectivity index (χ1n) is 8.49. The summed E-state index contributed by atoms with van der Waals surface area (Å²) in [5.74, 6) is -0.0686. The van der Waals surface area contributed by atoms with Crippen LogP contribution in [0.2, 0.25) is 0 Å². The second-order valence-corrected chi connectivity index (χ2v) is 8.73. The van der Waals surface area contributed by atoms with E-state index in [-0.39, 0.29) is 30.3 Å². The molecule has 3 rings (SSSR count). The minimum Gasteiger partial charge on any atom is -0.365 e. The van der Waals surface area contributed by atoms with Gasteiger partial charge >= 0.3 is 0 Å². The van der Waals surface area contributed by atoms with E-state index in [0.29, 0.717) is 37.3 Å². The third-order valence-corrected chi connectivity index (χ3v) is 6.45. The predicted molar refractivity (Wildman–Crippen MR) is 96.5 cm³/mol. The largest absolute Gasteiger partial charge is 0.365 e. The topological polar surface area (TPSA) is 87.2 Å². The van der Waals surface area contributed by atoms with Gasteiger partial charge in [0.15, 0.2) is 0 Å². The Kier molecular flexibility index (Phi) is 5.19. The molecule has 0 aromatic heterocycles. The number of likely N-dealkylation sites (N-methyl/N-ethyl adjacent to an activating group) is 1. The molecule has 0 unspecified atom stereocenters. The molecule has 0 atom stereocenters. The highest BCUT2D eigenvalue weighted by molar-refractivity contribution is 7.93. The molecule has 0 saturated carbocycles. The first kappa shape index (κ1) is 18.7. The Bertz CT molecular complexity index is 785. The van der Waals surface area contributed by atoms with Gasteiger partial charge in [-0.15, -0.1) is 0 Å². The second kappa shape index (κ2) is 7.24. The van der Waals surface area contributed by atoms with Gasteiger partial charge in [-0.1, -0.05) is 0 Å². The zero-order valence-electron chi connectivity index (χ0n) is 14.9. The van der Waals surface area contributed by atoms with Crippen molar-refractivity contribution in [3.05, 3.63) is 29.8 Å². The number of rotatable bonds is 5. The molecule has 2 saturated heterocycles. The Balaban J connectivity index is 1.53. The molecular formula is C17H23N3O5S. The fourth-order valence-corrected chi connectivity index (χ4v) is 4.47. The zero-order chi connectivity index (χ0) is 18.9. The van der Waals surface area contributed by atoms with Gasteiger partial charge < -0.3 is 14.5 Å². The lowest BCUT2D eigenvalue weighted by molar-refractivity contribution is -0.138. The van der Waals surface area contributed by atoms with E-state index in [2.05, 4.69) is 0 Å². The van der Waals surface area contributed by atoms with Crippen molar-refractivity contribution in [1.82, 2.24) is 9.80 Å². The van der Waals surface area contributed by atoms with Crippen LogP contribution in [0.4, 0.5) is 5.69 Å². The van der Waals surface area contributed by atoms with Gasteiger partial charge in [-0.3, -0.25) is 13.9 Å². The maximum absolute atomic E-state index is 12.4. The molecule has 0 bridgehead atoms. The summed E-state index contributed by atoms with van der Waals surface area (Å²) < 4.78 is 30.7. The molecule has 9 heteroatoms. The summed E-state index contributed by atoms with van der Waals surface area (Å²) in [7, 11) is 0.113. The lowest BCUT2D eigenvalue weighted by Gasteiger charge is -2.39. The molecule has 2 fully saturated rings. The Morgan fingerprint density at radius 1 is 1.19 bits per heavy atom. The number of carbonyl (C=O) groups is 2. The van der Waals surface area contributed by atoms with E-state index in [9.17, 15) is 18.0 Å². The molecule has 1 aromatic carbocycles. The van der Waals surface area contributed by atoms with Gasteiger partial charge in [0.1, 0.15) is 6.61 Å². The number of carbonyl (C=O) groups excluding carboxylic acids is 2. The molecule has 8 nitrogen and oxygen atoms in total. The summed E-state index contributed by atoms with van der Waals surface area (Å²) in [6.45, 7) is 1.38. The summed E-state index contributed by atoms with van der Waals surface area (Å²) in [6.07, 6.45) is 0.492. The second-order valence-electron chi connectivity index (χ2n) is 6.72. The van der Waals surface area contributed by atoms with Crippen molar-refractivity contribution in [2.45, 2.75) is 12.5 Å². The van der Waals surface area contributed by atoms with E-state index < -0.39 is 10.0 Å². The summed E-state index contributed by atoms with van der Waals surface area (Å²) >= 11 is 0. The van der Waals surface area contributed by atoms with E-state index in [1.165, 1.54) is 9.21 Å². The van der Waals surface area contributed by atoms with Gasteiger partial charge in [-0.05, 0) is 30.7 Å². The number of amides is 2. The molecule has 0 aliphatic carbocycles. The zero-order valence-corrected chi connectivity index (χ0v) is 15.7. The van der Waals surface area contributed by atoms with E-state index in [4.69, 9.17) is 4.74 Å². The number of ether oxygens (including phenoxy) is 1. The number of nitrogens with zero attached hydrogens (tertiary/aromatic N) is 3. The van der Waals surface area contributed by atoms with Gasteiger partial charge in [0, 0.05) is 39.3 Å². The predicted octanol–water partition coefficient (Wildman–Crippen LogP) is 0.156. The molecule has 0 N–H and O–H groups in total. The Hall–Kier alpha value is -2.13. The van der Waals surface area contributed by atoms with Crippen molar-refractivity contribution in [3.63, 3.8) is 0 Å². The maximum Gasteiger partial charge on any atom is 0.254 e. The van der Waals surface area contributed by atoms with E-state index in [1.54, 1.807) is 43.3 Å². The van der Waals surface area contributed by atoms with Gasteiger partial charge in [0.05, 0.1) is 17.5 Å². The van der Waals surface area contributed by atoms with Gasteiger partial charge in [-0.2, -0.15) is 0 Å². The van der Waals surface area contributed by atoms with E-state index in [1.807, 2.05) is 0 Å². The number of hydrogen-bond donors (Lipinski definition) is 0. The normalized spacial score (nSPS) is 19.3. The van der Waals surface area contributed by atoms with Gasteiger partial charge in [0.25, 0.3) is 5.91 Å². The van der Waals surface area contributed by atoms with Crippen LogP contribution in [0.5, 0.6) is 0 Å². The lowest BCUT2D eigenvalue weighted by Crippen LogP contribution is -2.55. The first-order valence-corrected chi connectivity index (χ1v) is 10.1. The van der Waals surface area contributed by atoms with Crippen LogP contribution in [0.25, 0.3) is 0 Å². The molecule has 2 aliphatic heterocycles. The van der Waals surface area contributed by atoms with Crippen LogP contribution in [0.15, 0.2) is 24.3 Å². The van der Waals surface area contributed by atoms with Crippen molar-refractivity contribution in [3.8, 4) is 0 Å². The van der Waals surface area contributed by atoms with Crippen LogP contribution in [-0.4, -0.2) is 82.2 Å². The Morgan fingerprint density at radius 3 is 2.38 bits per heavy atom. The van der Waals surface area contributed by atoms with Gasteiger partial charge in [0.2, 0.25) is 15.9 Å². The highest BCUT2D eigenvalue weighted by atomic mass is 32.2. The molecule has 1 aromatic rings. The summed E-state index contributed by atoms with van der Waals surface area (Å²) in [4.78, 5) is 27.0. The lowest BCUT2D eigenvalue weighted by atomic mass is 10.1. The maximum atomic E-state index is 12.4. The van der Waals surface area contributed by atoms with Crippen molar-refractivity contribution in [2.75, 3.05) is 50.4 Å². The minimum absolute atomic E-state index is 0.0126. The molecule has 0 radical (unpaired) electrons. The smallest absolute Gasteiger partial charge is 0.254 e. The number of anilines is 1. The van der Waals surface area contributed by atoms with Crippen molar-refractivity contribution in [1.29, 1.82) is 0 Å². The van der Waals surface area contributed by atoms with Crippen molar-refractivity contribution < 1.29 is 22.7 Å². The minimum atomic E-state index is -3.22. The Morgan fingerprint density at radius 2 is 1.85 bits per heavy atom.